The molecule has 1 atom stereocenters. The predicted octanol–water partition coefficient (Wildman–Crippen LogP) is 2.91. The highest BCUT2D eigenvalue weighted by atomic mass is 16.7. The van der Waals surface area contributed by atoms with Gasteiger partial charge in [-0.2, -0.15) is 0 Å². The summed E-state index contributed by atoms with van der Waals surface area (Å²) in [5, 5.41) is 12.0. The van der Waals surface area contributed by atoms with Gasteiger partial charge in [-0.15, -0.1) is 0 Å². The zero-order valence-electron chi connectivity index (χ0n) is 18.3. The number of rotatable bonds is 7. The lowest BCUT2D eigenvalue weighted by Crippen LogP contribution is -2.43. The first-order valence-electron chi connectivity index (χ1n) is 10.2. The van der Waals surface area contributed by atoms with Gasteiger partial charge in [-0.1, -0.05) is 54.6 Å². The van der Waals surface area contributed by atoms with Crippen molar-refractivity contribution in [1.29, 1.82) is 0 Å². The Morgan fingerprint density at radius 3 is 2.23 bits per heavy atom. The number of ether oxygens (including phenoxy) is 1. The fourth-order valence-corrected chi connectivity index (χ4v) is 3.19. The first kappa shape index (κ1) is 22.8. The SMILES string of the molecule is CC1(C)OB(c2cccc(CC(NC(=O)OCc3ccccc3)C(=O)O)c2)OC1(C)C. The number of benzene rings is 2. The quantitative estimate of drug-likeness (QED) is 0.663. The lowest BCUT2D eigenvalue weighted by Gasteiger charge is -2.32. The minimum Gasteiger partial charge on any atom is -0.480 e. The van der Waals surface area contributed by atoms with Crippen LogP contribution in [0.2, 0.25) is 0 Å². The third-order valence-corrected chi connectivity index (χ3v) is 5.72. The van der Waals surface area contributed by atoms with Crippen molar-refractivity contribution in [1.82, 2.24) is 5.32 Å². The van der Waals surface area contributed by atoms with Crippen molar-refractivity contribution in [3.8, 4) is 0 Å². The normalized spacial score (nSPS) is 17.7. The molecule has 1 heterocycles. The standard InChI is InChI=1S/C23H28BNO6/c1-22(2)23(3,4)31-24(30-22)18-12-8-11-17(13-18)14-19(20(26)27)25-21(28)29-15-16-9-6-5-7-10-16/h5-13,19H,14-15H2,1-4H3,(H,25,28)(H,26,27). The van der Waals surface area contributed by atoms with Crippen LogP contribution in [-0.4, -0.2) is 41.5 Å². The molecule has 1 aliphatic heterocycles. The van der Waals surface area contributed by atoms with E-state index in [2.05, 4.69) is 5.32 Å². The summed E-state index contributed by atoms with van der Waals surface area (Å²) < 4.78 is 17.3. The van der Waals surface area contributed by atoms with Crippen LogP contribution in [-0.2, 0) is 31.9 Å². The fourth-order valence-electron chi connectivity index (χ4n) is 3.19. The highest BCUT2D eigenvalue weighted by Crippen LogP contribution is 2.36. The molecule has 1 saturated heterocycles. The predicted molar refractivity (Wildman–Crippen MR) is 117 cm³/mol. The van der Waals surface area contributed by atoms with Crippen LogP contribution in [0.25, 0.3) is 0 Å². The van der Waals surface area contributed by atoms with Crippen molar-refractivity contribution in [2.75, 3.05) is 0 Å². The van der Waals surface area contributed by atoms with Gasteiger partial charge in [-0.3, -0.25) is 0 Å². The average Bonchev–Trinajstić information content (AvgIpc) is 2.94. The van der Waals surface area contributed by atoms with Crippen molar-refractivity contribution in [2.45, 2.75) is 58.0 Å². The van der Waals surface area contributed by atoms with E-state index in [0.717, 1.165) is 16.6 Å². The van der Waals surface area contributed by atoms with Crippen LogP contribution in [0, 0.1) is 0 Å². The summed E-state index contributed by atoms with van der Waals surface area (Å²) in [6.07, 6.45) is -0.679. The van der Waals surface area contributed by atoms with Crippen LogP contribution < -0.4 is 10.8 Å². The van der Waals surface area contributed by atoms with Gasteiger partial charge in [0.25, 0.3) is 0 Å². The van der Waals surface area contributed by atoms with Crippen LogP contribution in [0.15, 0.2) is 54.6 Å². The van der Waals surface area contributed by atoms with Crippen molar-refractivity contribution in [3.63, 3.8) is 0 Å². The van der Waals surface area contributed by atoms with Crippen LogP contribution >= 0.6 is 0 Å². The van der Waals surface area contributed by atoms with E-state index in [1.165, 1.54) is 0 Å². The van der Waals surface area contributed by atoms with E-state index in [1.54, 1.807) is 0 Å². The van der Waals surface area contributed by atoms with Gasteiger partial charge >= 0.3 is 19.2 Å². The summed E-state index contributed by atoms with van der Waals surface area (Å²) in [4.78, 5) is 23.8. The second-order valence-electron chi connectivity index (χ2n) is 8.63. The summed E-state index contributed by atoms with van der Waals surface area (Å²) in [6, 6.07) is 15.4. The monoisotopic (exact) mass is 425 g/mol. The number of carbonyl (C=O) groups is 2. The maximum atomic E-state index is 12.1. The molecule has 1 amide bonds. The number of hydrogen-bond acceptors (Lipinski definition) is 5. The van der Waals surface area contributed by atoms with Gasteiger partial charge < -0.3 is 24.5 Å². The van der Waals surface area contributed by atoms with Crippen molar-refractivity contribution in [3.05, 3.63) is 65.7 Å². The molecule has 164 valence electrons. The van der Waals surface area contributed by atoms with Gasteiger partial charge in [0.15, 0.2) is 0 Å². The van der Waals surface area contributed by atoms with E-state index in [9.17, 15) is 14.7 Å². The molecule has 3 rings (SSSR count). The van der Waals surface area contributed by atoms with Crippen LogP contribution in [0.1, 0.15) is 38.8 Å². The Hall–Kier alpha value is -2.84. The first-order chi connectivity index (χ1) is 14.6. The van der Waals surface area contributed by atoms with Gasteiger partial charge in [0, 0.05) is 6.42 Å². The Morgan fingerprint density at radius 1 is 1.00 bits per heavy atom. The second-order valence-corrected chi connectivity index (χ2v) is 8.63. The molecule has 0 spiro atoms. The van der Waals surface area contributed by atoms with Crippen molar-refractivity contribution < 1.29 is 28.7 Å². The highest BCUT2D eigenvalue weighted by Gasteiger charge is 2.51. The Balaban J connectivity index is 1.63. The molecule has 31 heavy (non-hydrogen) atoms. The van der Waals surface area contributed by atoms with Crippen LogP contribution in [0.3, 0.4) is 0 Å². The van der Waals surface area contributed by atoms with E-state index < -0.39 is 36.4 Å². The maximum Gasteiger partial charge on any atom is 0.494 e. The first-order valence-corrected chi connectivity index (χ1v) is 10.2. The molecule has 8 heteroatoms. The smallest absolute Gasteiger partial charge is 0.480 e. The molecule has 0 aromatic heterocycles. The van der Waals surface area contributed by atoms with E-state index >= 15 is 0 Å². The summed E-state index contributed by atoms with van der Waals surface area (Å²) in [7, 11) is -0.544. The molecule has 1 unspecified atom stereocenters. The summed E-state index contributed by atoms with van der Waals surface area (Å²) >= 11 is 0. The summed E-state index contributed by atoms with van der Waals surface area (Å²) in [5.74, 6) is -1.14. The van der Waals surface area contributed by atoms with E-state index in [-0.39, 0.29) is 13.0 Å². The minimum absolute atomic E-state index is 0.0659. The van der Waals surface area contributed by atoms with Gasteiger partial charge in [-0.25, -0.2) is 9.59 Å². The molecule has 2 aromatic rings. The van der Waals surface area contributed by atoms with Crippen LogP contribution in [0.5, 0.6) is 0 Å². The third kappa shape index (κ3) is 5.65. The van der Waals surface area contributed by atoms with Crippen molar-refractivity contribution >= 4 is 24.6 Å². The Kier molecular flexibility index (Phi) is 6.72. The number of carboxylic acid groups (broad SMARTS) is 1. The number of carboxylic acids is 1. The van der Waals surface area contributed by atoms with Gasteiger partial charge in [-0.05, 0) is 44.3 Å². The van der Waals surface area contributed by atoms with E-state index in [0.29, 0.717) is 0 Å². The molecular formula is C23H28BNO6. The maximum absolute atomic E-state index is 12.1. The van der Waals surface area contributed by atoms with Gasteiger partial charge in [0.05, 0.1) is 11.2 Å². The number of aliphatic carboxylic acids is 1. The lowest BCUT2D eigenvalue weighted by molar-refractivity contribution is -0.139. The van der Waals surface area contributed by atoms with Crippen LogP contribution in [0.4, 0.5) is 4.79 Å². The number of nitrogens with one attached hydrogen (secondary N) is 1. The topological polar surface area (TPSA) is 94.1 Å². The van der Waals surface area contributed by atoms with E-state index in [4.69, 9.17) is 14.0 Å². The molecule has 0 saturated carbocycles. The number of carbonyl (C=O) groups excluding carboxylic acids is 1. The molecule has 1 aliphatic rings. The van der Waals surface area contributed by atoms with Gasteiger partial charge in [0.1, 0.15) is 12.6 Å². The Morgan fingerprint density at radius 2 is 1.61 bits per heavy atom. The number of alkyl carbamates (subject to hydrolysis) is 1. The molecular weight excluding hydrogens is 397 g/mol. The summed E-state index contributed by atoms with van der Waals surface area (Å²) in [6.45, 7) is 7.96. The second kappa shape index (κ2) is 9.12. The molecule has 7 nitrogen and oxygen atoms in total. The zero-order chi connectivity index (χ0) is 22.6. The molecule has 0 radical (unpaired) electrons. The summed E-state index contributed by atoms with van der Waals surface area (Å²) in [5.41, 5.74) is 1.41. The lowest BCUT2D eigenvalue weighted by atomic mass is 9.78. The zero-order valence-corrected chi connectivity index (χ0v) is 18.3. The average molecular weight is 425 g/mol. The Bertz CT molecular complexity index is 915. The molecule has 0 aliphatic carbocycles. The number of amides is 1. The van der Waals surface area contributed by atoms with Crippen molar-refractivity contribution in [2.24, 2.45) is 0 Å². The molecule has 1 fully saturated rings. The molecule has 0 bridgehead atoms. The molecule has 2 aromatic carbocycles. The van der Waals surface area contributed by atoms with Gasteiger partial charge in [0.2, 0.25) is 0 Å². The largest absolute Gasteiger partial charge is 0.494 e. The third-order valence-electron chi connectivity index (χ3n) is 5.72. The van der Waals surface area contributed by atoms with E-state index in [1.807, 2.05) is 82.3 Å². The fraction of sp³-hybridized carbons (Fsp3) is 0.391. The number of hydrogen-bond donors (Lipinski definition) is 2. The minimum atomic E-state index is -1.14. The highest BCUT2D eigenvalue weighted by molar-refractivity contribution is 6.62. The molecule has 2 N–H and O–H groups in total. The Labute approximate surface area is 182 Å².